The summed E-state index contributed by atoms with van der Waals surface area (Å²) in [5.41, 5.74) is 6.61. The molecule has 6 saturated heterocycles. The van der Waals surface area contributed by atoms with E-state index in [9.17, 15) is 15.8 Å². The van der Waals surface area contributed by atoms with Gasteiger partial charge in [0.05, 0.1) is 61.3 Å². The second-order valence-electron chi connectivity index (χ2n) is 24.3. The first-order chi connectivity index (χ1) is 44.2. The molecule has 6 fully saturated rings. The fourth-order valence-corrected chi connectivity index (χ4v) is 12.6. The average molecular weight is 1220 g/mol. The molecule has 0 spiro atoms. The van der Waals surface area contributed by atoms with Gasteiger partial charge in [0.25, 0.3) is 0 Å². The molecule has 90 heavy (non-hydrogen) atoms. The van der Waals surface area contributed by atoms with E-state index in [2.05, 4.69) is 25.1 Å². The Kier molecular flexibility index (Phi) is 21.6. The SMILES string of the molecule is CC1(CC2CCOC(OCc3cc(Oc4ccc(C#N)cc4)ccc3B3OCCCO3)C2)COB(c2ccc(Oc3ccc(C#N)cc3)cc2COC2CC(C3CCOB(c4ccc(Oc5ccc(C#N)cc5)cc4COC4CCCCO4)OC3)CCO2)OC1. The lowest BCUT2D eigenvalue weighted by Crippen LogP contribution is -2.50. The van der Waals surface area contributed by atoms with Crippen molar-refractivity contribution in [2.45, 2.75) is 110 Å². The molecule has 6 aliphatic rings. The Hall–Kier alpha value is -7.10. The molecular weight excluding hydrogens is 1140 g/mol. The predicted molar refractivity (Wildman–Crippen MR) is 333 cm³/mol. The van der Waals surface area contributed by atoms with Gasteiger partial charge in [-0.3, -0.25) is 0 Å². The molecule has 6 aromatic rings. The molecule has 6 atom stereocenters. The lowest BCUT2D eigenvalue weighted by Gasteiger charge is -2.40. The van der Waals surface area contributed by atoms with Crippen molar-refractivity contribution < 1.29 is 70.6 Å². The van der Waals surface area contributed by atoms with Crippen molar-refractivity contribution in [3.05, 3.63) is 161 Å². The van der Waals surface area contributed by atoms with Gasteiger partial charge in [-0.05, 0) is 211 Å². The van der Waals surface area contributed by atoms with E-state index in [1.165, 1.54) is 0 Å². The summed E-state index contributed by atoms with van der Waals surface area (Å²) in [6, 6.07) is 45.1. The smallest absolute Gasteiger partial charge is 0.457 e. The molecule has 6 heterocycles. The highest BCUT2D eigenvalue weighted by atomic mass is 16.7. The van der Waals surface area contributed by atoms with Crippen molar-refractivity contribution in [3.8, 4) is 52.7 Å². The summed E-state index contributed by atoms with van der Waals surface area (Å²) in [4.78, 5) is 0. The van der Waals surface area contributed by atoms with Crippen LogP contribution < -0.4 is 30.6 Å². The van der Waals surface area contributed by atoms with Crippen LogP contribution in [0.25, 0.3) is 0 Å². The molecule has 0 aromatic heterocycles. The Morgan fingerprint density at radius 1 is 0.422 bits per heavy atom. The average Bonchev–Trinajstić information content (AvgIpc) is 3.50. The zero-order valence-corrected chi connectivity index (χ0v) is 50.8. The fourth-order valence-electron chi connectivity index (χ4n) is 12.6. The van der Waals surface area contributed by atoms with E-state index in [0.717, 1.165) is 84.4 Å². The van der Waals surface area contributed by atoms with Crippen LogP contribution in [0.3, 0.4) is 0 Å². The van der Waals surface area contributed by atoms with Crippen LogP contribution in [0.15, 0.2) is 127 Å². The van der Waals surface area contributed by atoms with E-state index < -0.39 is 33.9 Å². The second-order valence-corrected chi connectivity index (χ2v) is 24.3. The molecule has 21 heteroatoms. The minimum Gasteiger partial charge on any atom is -0.457 e. The van der Waals surface area contributed by atoms with Gasteiger partial charge in [0, 0.05) is 71.1 Å². The van der Waals surface area contributed by atoms with Gasteiger partial charge in [-0.25, -0.2) is 0 Å². The molecular formula is C69H74B3N3O15. The van der Waals surface area contributed by atoms with Gasteiger partial charge < -0.3 is 70.6 Å². The van der Waals surface area contributed by atoms with Gasteiger partial charge in [-0.2, -0.15) is 15.8 Å². The van der Waals surface area contributed by atoms with Crippen LogP contribution in [0.1, 0.15) is 105 Å². The maximum absolute atomic E-state index is 9.43. The van der Waals surface area contributed by atoms with Crippen LogP contribution in [0.5, 0.6) is 34.5 Å². The predicted octanol–water partition coefficient (Wildman–Crippen LogP) is 10.7. The van der Waals surface area contributed by atoms with Crippen LogP contribution in [0.2, 0.25) is 0 Å². The molecule has 0 bridgehead atoms. The van der Waals surface area contributed by atoms with Crippen LogP contribution in [-0.4, -0.2) is 99.7 Å². The molecule has 0 amide bonds. The van der Waals surface area contributed by atoms with Gasteiger partial charge in [-0.1, -0.05) is 25.1 Å². The number of hydrogen-bond acceptors (Lipinski definition) is 18. The van der Waals surface area contributed by atoms with Crippen molar-refractivity contribution in [2.24, 2.45) is 23.2 Å². The number of benzene rings is 6. The largest absolute Gasteiger partial charge is 0.494 e. The summed E-state index contributed by atoms with van der Waals surface area (Å²) < 4.78 is 95.5. The topological polar surface area (TPSA) is 210 Å². The van der Waals surface area contributed by atoms with Crippen LogP contribution in [0.4, 0.5) is 0 Å². The minimum absolute atomic E-state index is 0.202. The van der Waals surface area contributed by atoms with Crippen molar-refractivity contribution >= 4 is 37.7 Å². The first-order valence-electron chi connectivity index (χ1n) is 31.5. The van der Waals surface area contributed by atoms with E-state index in [1.54, 1.807) is 72.8 Å². The first kappa shape index (κ1) is 63.1. The third-order valence-electron chi connectivity index (χ3n) is 17.5. The number of hydrogen-bond donors (Lipinski definition) is 0. The number of rotatable bonds is 21. The molecule has 0 radical (unpaired) electrons. The summed E-state index contributed by atoms with van der Waals surface area (Å²) in [6.07, 6.45) is 7.38. The van der Waals surface area contributed by atoms with E-state index in [0.29, 0.717) is 136 Å². The maximum Gasteiger partial charge on any atom is 0.494 e. The van der Waals surface area contributed by atoms with E-state index >= 15 is 0 Å². The monoisotopic (exact) mass is 1220 g/mol. The van der Waals surface area contributed by atoms with Gasteiger partial charge >= 0.3 is 21.4 Å². The Morgan fingerprint density at radius 3 is 1.36 bits per heavy atom. The lowest BCUT2D eigenvalue weighted by atomic mass is 9.71. The lowest BCUT2D eigenvalue weighted by molar-refractivity contribution is -0.186. The summed E-state index contributed by atoms with van der Waals surface area (Å²) in [6.45, 7) is 7.97. The third kappa shape index (κ3) is 16.9. The molecule has 6 aromatic carbocycles. The molecule has 0 saturated carbocycles. The van der Waals surface area contributed by atoms with Gasteiger partial charge in [0.1, 0.15) is 34.5 Å². The fraction of sp³-hybridized carbons (Fsp3) is 0.435. The van der Waals surface area contributed by atoms with Crippen LogP contribution in [0, 0.1) is 57.2 Å². The Labute approximate surface area is 527 Å². The molecule has 0 aliphatic carbocycles. The van der Waals surface area contributed by atoms with Gasteiger partial charge in [-0.15, -0.1) is 0 Å². The quantitative estimate of drug-likeness (QED) is 0.0613. The normalized spacial score (nSPS) is 22.9. The van der Waals surface area contributed by atoms with Crippen LogP contribution in [-0.2, 0) is 76.2 Å². The summed E-state index contributed by atoms with van der Waals surface area (Å²) in [5, 5.41) is 28.0. The highest BCUT2D eigenvalue weighted by Crippen LogP contribution is 2.38. The van der Waals surface area contributed by atoms with Gasteiger partial charge in [0.15, 0.2) is 18.9 Å². The van der Waals surface area contributed by atoms with Gasteiger partial charge in [0.2, 0.25) is 0 Å². The van der Waals surface area contributed by atoms with Crippen molar-refractivity contribution in [1.29, 1.82) is 15.8 Å². The molecule has 6 aliphatic heterocycles. The number of ether oxygens (including phenoxy) is 9. The molecule has 0 N–H and O–H groups in total. The van der Waals surface area contributed by atoms with Crippen molar-refractivity contribution in [3.63, 3.8) is 0 Å². The van der Waals surface area contributed by atoms with E-state index in [1.807, 2.05) is 54.6 Å². The Bertz CT molecular complexity index is 3450. The molecule has 12 rings (SSSR count). The maximum atomic E-state index is 9.43. The summed E-state index contributed by atoms with van der Waals surface area (Å²) in [5.74, 6) is 4.48. The van der Waals surface area contributed by atoms with E-state index in [-0.39, 0.29) is 36.8 Å². The first-order valence-corrected chi connectivity index (χ1v) is 31.5. The van der Waals surface area contributed by atoms with E-state index in [4.69, 9.17) is 70.6 Å². The minimum atomic E-state index is -0.649. The molecule has 6 unspecified atom stereocenters. The molecule has 18 nitrogen and oxygen atoms in total. The zero-order valence-electron chi connectivity index (χ0n) is 50.8. The Balaban J connectivity index is 0.669. The number of nitrogens with zero attached hydrogens (tertiary/aromatic N) is 3. The number of nitriles is 3. The standard InChI is InChI=1S/C69H74B3N3O15/c1-69(38-51-24-30-77-67(33-51)80-43-55-35-60(88-57-12-6-48(39-73)7-13-57)18-21-63(55)70-82-28-4-29-83-70)46-86-72(87-47-69)65-23-20-62(90-59-16-10-50(41-75)11-17-59)36-56(65)44-81-68-37-52(25-31-78-68)53-26-32-84-71(85-45-53)64-22-19-61(89-58-14-8-49(40-74)9-15-58)34-54(64)42-79-66-5-2-3-27-76-66/h6-23,34-36,51-53,66-68H,2-5,24-33,37-38,42-47H2,1H3. The highest BCUT2D eigenvalue weighted by Gasteiger charge is 2.41. The summed E-state index contributed by atoms with van der Waals surface area (Å²) >= 11 is 0. The van der Waals surface area contributed by atoms with Crippen molar-refractivity contribution in [1.82, 2.24) is 0 Å². The van der Waals surface area contributed by atoms with Crippen LogP contribution >= 0.6 is 0 Å². The highest BCUT2D eigenvalue weighted by molar-refractivity contribution is 6.62. The third-order valence-corrected chi connectivity index (χ3v) is 17.5. The molecule has 464 valence electrons. The Morgan fingerprint density at radius 2 is 0.856 bits per heavy atom. The summed E-state index contributed by atoms with van der Waals surface area (Å²) in [7, 11) is -1.77. The second kappa shape index (κ2) is 30.8. The zero-order chi connectivity index (χ0) is 61.5. The van der Waals surface area contributed by atoms with Crippen molar-refractivity contribution in [2.75, 3.05) is 59.5 Å².